The van der Waals surface area contributed by atoms with Crippen LogP contribution in [0.15, 0.2) is 48.7 Å². The molecule has 1 unspecified atom stereocenters. The highest BCUT2D eigenvalue weighted by atomic mass is 19.4. The van der Waals surface area contributed by atoms with E-state index in [1.807, 2.05) is 30.3 Å². The lowest BCUT2D eigenvalue weighted by atomic mass is 10.0. The summed E-state index contributed by atoms with van der Waals surface area (Å²) in [5, 5.41) is 9.66. The molecule has 2 aromatic rings. The van der Waals surface area contributed by atoms with Crippen LogP contribution in [-0.4, -0.2) is 45.8 Å². The highest BCUT2D eigenvalue weighted by Gasteiger charge is 2.57. The third-order valence-electron chi connectivity index (χ3n) is 4.28. The number of aromatic nitrogens is 1. The zero-order chi connectivity index (χ0) is 18.8. The summed E-state index contributed by atoms with van der Waals surface area (Å²) < 4.78 is 44.0. The predicted molar refractivity (Wildman–Crippen MR) is 86.5 cm³/mol. The molecule has 138 valence electrons. The lowest BCUT2D eigenvalue weighted by Crippen LogP contribution is -2.48. The van der Waals surface area contributed by atoms with Crippen molar-refractivity contribution < 1.29 is 27.8 Å². The highest BCUT2D eigenvalue weighted by Crippen LogP contribution is 2.38. The highest BCUT2D eigenvalue weighted by molar-refractivity contribution is 5.94. The first kappa shape index (κ1) is 18.2. The summed E-state index contributed by atoms with van der Waals surface area (Å²) in [6.45, 7) is -0.630. The lowest BCUT2D eigenvalue weighted by molar-refractivity contribution is -0.253. The van der Waals surface area contributed by atoms with Crippen molar-refractivity contribution in [2.24, 2.45) is 0 Å². The van der Waals surface area contributed by atoms with Crippen LogP contribution >= 0.6 is 0 Å². The first-order valence-electron chi connectivity index (χ1n) is 8.00. The van der Waals surface area contributed by atoms with E-state index in [-0.39, 0.29) is 12.1 Å². The van der Waals surface area contributed by atoms with E-state index in [1.165, 1.54) is 18.3 Å². The Balaban J connectivity index is 1.61. The number of halogens is 3. The fraction of sp³-hybridized carbons (Fsp3) is 0.333. The number of hydrogen-bond donors (Lipinski definition) is 1. The van der Waals surface area contributed by atoms with Crippen LogP contribution in [-0.2, 0) is 6.61 Å². The second-order valence-corrected chi connectivity index (χ2v) is 6.17. The second kappa shape index (κ2) is 6.95. The van der Waals surface area contributed by atoms with Gasteiger partial charge in [0.25, 0.3) is 5.91 Å². The molecular formula is C18H17F3N2O3. The lowest BCUT2D eigenvalue weighted by Gasteiger charge is -2.25. The van der Waals surface area contributed by atoms with E-state index >= 15 is 0 Å². The summed E-state index contributed by atoms with van der Waals surface area (Å²) in [5.41, 5.74) is -1.75. The quantitative estimate of drug-likeness (QED) is 0.904. The minimum atomic E-state index is -4.77. The summed E-state index contributed by atoms with van der Waals surface area (Å²) >= 11 is 0. The number of ether oxygens (including phenoxy) is 1. The summed E-state index contributed by atoms with van der Waals surface area (Å²) in [7, 11) is 0. The molecule has 1 amide bonds. The zero-order valence-corrected chi connectivity index (χ0v) is 13.7. The molecule has 1 atom stereocenters. The fourth-order valence-corrected chi connectivity index (χ4v) is 2.70. The Hall–Kier alpha value is -2.61. The molecule has 1 N–H and O–H groups in total. The number of rotatable bonds is 4. The van der Waals surface area contributed by atoms with Crippen molar-refractivity contribution in [2.45, 2.75) is 24.8 Å². The summed E-state index contributed by atoms with van der Waals surface area (Å²) in [6.07, 6.45) is -4.04. The summed E-state index contributed by atoms with van der Waals surface area (Å²) in [5.74, 6) is -0.300. The van der Waals surface area contributed by atoms with Gasteiger partial charge in [-0.25, -0.2) is 4.98 Å². The van der Waals surface area contributed by atoms with Gasteiger partial charge in [0.2, 0.25) is 5.88 Å². The van der Waals surface area contributed by atoms with Crippen LogP contribution in [0.25, 0.3) is 0 Å². The van der Waals surface area contributed by atoms with Crippen molar-refractivity contribution in [3.63, 3.8) is 0 Å². The number of carbonyl (C=O) groups is 1. The molecule has 1 fully saturated rings. The van der Waals surface area contributed by atoms with Crippen molar-refractivity contribution in [1.82, 2.24) is 9.88 Å². The molecule has 1 saturated heterocycles. The number of aliphatic hydroxyl groups is 1. The number of β-amino-alcohol motifs (C(OH)–C–C–N with tert-alkyl or cyclic N) is 1. The number of carbonyl (C=O) groups excluding carboxylic acids is 1. The molecule has 1 aromatic heterocycles. The number of likely N-dealkylation sites (tertiary alicyclic amines) is 1. The molecule has 8 heteroatoms. The van der Waals surface area contributed by atoms with Gasteiger partial charge in [-0.05, 0) is 11.6 Å². The first-order chi connectivity index (χ1) is 12.3. The van der Waals surface area contributed by atoms with Crippen LogP contribution in [0.2, 0.25) is 0 Å². The number of benzene rings is 1. The molecule has 2 heterocycles. The van der Waals surface area contributed by atoms with Crippen LogP contribution < -0.4 is 4.74 Å². The molecule has 26 heavy (non-hydrogen) atoms. The number of hydrogen-bond acceptors (Lipinski definition) is 4. The van der Waals surface area contributed by atoms with Crippen molar-refractivity contribution in [1.29, 1.82) is 0 Å². The molecule has 0 aliphatic carbocycles. The van der Waals surface area contributed by atoms with Gasteiger partial charge in [0.1, 0.15) is 6.61 Å². The Morgan fingerprint density at radius 1 is 1.23 bits per heavy atom. The maximum atomic E-state index is 12.8. The standard InChI is InChI=1S/C18H17F3N2O3/c19-18(20,21)17(25)8-9-23(12-17)16(24)14-6-7-15(22-10-14)26-11-13-4-2-1-3-5-13/h1-7,10,25H,8-9,11-12H2. The number of amides is 1. The molecule has 0 bridgehead atoms. The average Bonchev–Trinajstić information content (AvgIpc) is 3.04. The molecule has 1 aliphatic heterocycles. The van der Waals surface area contributed by atoms with Crippen molar-refractivity contribution in [3.8, 4) is 5.88 Å². The van der Waals surface area contributed by atoms with Crippen LogP contribution in [0.3, 0.4) is 0 Å². The molecule has 3 rings (SSSR count). The van der Waals surface area contributed by atoms with E-state index in [0.29, 0.717) is 12.5 Å². The Bertz CT molecular complexity index is 766. The second-order valence-electron chi connectivity index (χ2n) is 6.17. The molecule has 1 aliphatic rings. The largest absolute Gasteiger partial charge is 0.473 e. The van der Waals surface area contributed by atoms with E-state index in [9.17, 15) is 23.1 Å². The predicted octanol–water partition coefficient (Wildman–Crippen LogP) is 2.80. The molecule has 0 saturated carbocycles. The Kier molecular flexibility index (Phi) is 4.86. The number of nitrogens with zero attached hydrogens (tertiary/aromatic N) is 2. The van der Waals surface area contributed by atoms with Crippen molar-refractivity contribution >= 4 is 5.91 Å². The van der Waals surface area contributed by atoms with Crippen molar-refractivity contribution in [3.05, 3.63) is 59.8 Å². The third kappa shape index (κ3) is 3.80. The van der Waals surface area contributed by atoms with Crippen LogP contribution in [0.4, 0.5) is 13.2 Å². The van der Waals surface area contributed by atoms with Gasteiger partial charge in [0, 0.05) is 25.2 Å². The zero-order valence-electron chi connectivity index (χ0n) is 13.7. The van der Waals surface area contributed by atoms with Gasteiger partial charge in [0.15, 0.2) is 5.60 Å². The maximum absolute atomic E-state index is 12.8. The van der Waals surface area contributed by atoms with Crippen molar-refractivity contribution in [2.75, 3.05) is 13.1 Å². The normalized spacial score (nSPS) is 20.2. The van der Waals surface area contributed by atoms with E-state index in [4.69, 9.17) is 4.74 Å². The smallest absolute Gasteiger partial charge is 0.419 e. The van der Waals surface area contributed by atoms with E-state index in [1.54, 1.807) is 0 Å². The first-order valence-corrected chi connectivity index (χ1v) is 8.00. The van der Waals surface area contributed by atoms with Crippen LogP contribution in [0, 0.1) is 0 Å². The van der Waals surface area contributed by atoms with E-state index in [2.05, 4.69) is 4.98 Å². The molecule has 0 radical (unpaired) electrons. The van der Waals surface area contributed by atoms with Gasteiger partial charge in [-0.1, -0.05) is 30.3 Å². The third-order valence-corrected chi connectivity index (χ3v) is 4.28. The minimum absolute atomic E-state index is 0.142. The summed E-state index contributed by atoms with van der Waals surface area (Å²) in [4.78, 5) is 17.3. The van der Waals surface area contributed by atoms with E-state index in [0.717, 1.165) is 10.5 Å². The Labute approximate surface area is 148 Å². The molecule has 1 aromatic carbocycles. The fourth-order valence-electron chi connectivity index (χ4n) is 2.70. The van der Waals surface area contributed by atoms with Crippen LogP contribution in [0.1, 0.15) is 22.3 Å². The topological polar surface area (TPSA) is 62.7 Å². The summed E-state index contributed by atoms with van der Waals surface area (Å²) in [6, 6.07) is 12.4. The van der Waals surface area contributed by atoms with E-state index < -0.39 is 30.7 Å². The van der Waals surface area contributed by atoms with Gasteiger partial charge >= 0.3 is 6.18 Å². The van der Waals surface area contributed by atoms with Crippen LogP contribution in [0.5, 0.6) is 5.88 Å². The molecule has 0 spiro atoms. The maximum Gasteiger partial charge on any atom is 0.419 e. The van der Waals surface area contributed by atoms with Gasteiger partial charge in [-0.2, -0.15) is 13.2 Å². The van der Waals surface area contributed by atoms with Gasteiger partial charge < -0.3 is 14.7 Å². The minimum Gasteiger partial charge on any atom is -0.473 e. The Morgan fingerprint density at radius 2 is 1.96 bits per heavy atom. The van der Waals surface area contributed by atoms with Gasteiger partial charge in [-0.3, -0.25) is 4.79 Å². The number of pyridine rings is 1. The Morgan fingerprint density at radius 3 is 2.54 bits per heavy atom. The average molecular weight is 366 g/mol. The number of alkyl halides is 3. The monoisotopic (exact) mass is 366 g/mol. The van der Waals surface area contributed by atoms with Gasteiger partial charge in [0.05, 0.1) is 12.1 Å². The molecular weight excluding hydrogens is 349 g/mol. The molecule has 5 nitrogen and oxygen atoms in total. The SMILES string of the molecule is O=C(c1ccc(OCc2ccccc2)nc1)N1CCC(O)(C(F)(F)F)C1. The van der Waals surface area contributed by atoms with Gasteiger partial charge in [-0.15, -0.1) is 0 Å².